The highest BCUT2D eigenvalue weighted by molar-refractivity contribution is 5.78. The summed E-state index contributed by atoms with van der Waals surface area (Å²) in [5.41, 5.74) is 2.95. The second kappa shape index (κ2) is 8.25. The molecule has 0 saturated heterocycles. The number of fused-ring (bicyclic) bond motifs is 4. The van der Waals surface area contributed by atoms with Crippen molar-refractivity contribution in [3.63, 3.8) is 0 Å². The zero-order chi connectivity index (χ0) is 22.7. The first-order chi connectivity index (χ1) is 14.5. The molecule has 0 radical (unpaired) electrons. The highest BCUT2D eigenvalue weighted by atomic mass is 16.3. The molecule has 4 heteroatoms. The van der Waals surface area contributed by atoms with Gasteiger partial charge in [0.15, 0.2) is 0 Å². The molecule has 0 aromatic rings. The number of hydrogen-bond donors (Lipinski definition) is 3. The Balaban J connectivity index is 1.59. The average Bonchev–Trinajstić information content (AvgIpc) is 3.01. The molecule has 4 rings (SSSR count). The maximum atomic E-state index is 12.5. The molecule has 0 amide bonds. The molecule has 2 fully saturated rings. The zero-order valence-electron chi connectivity index (χ0n) is 20.2. The van der Waals surface area contributed by atoms with Crippen molar-refractivity contribution in [1.82, 2.24) is 0 Å². The van der Waals surface area contributed by atoms with Crippen molar-refractivity contribution >= 4 is 5.78 Å². The van der Waals surface area contributed by atoms with Crippen LogP contribution in [0.4, 0.5) is 0 Å². The molecule has 2 saturated carbocycles. The molecule has 4 nitrogen and oxygen atoms in total. The first kappa shape index (κ1) is 23.4. The van der Waals surface area contributed by atoms with Gasteiger partial charge >= 0.3 is 0 Å². The predicted octanol–water partition coefficient (Wildman–Crippen LogP) is 4.65. The Hall–Kier alpha value is -0.710. The molecule has 0 heterocycles. The van der Waals surface area contributed by atoms with E-state index in [4.69, 9.17) is 0 Å². The predicted molar refractivity (Wildman–Crippen MR) is 122 cm³/mol. The highest BCUT2D eigenvalue weighted by Gasteiger charge is 2.58. The highest BCUT2D eigenvalue weighted by Crippen LogP contribution is 2.66. The fourth-order valence-corrected chi connectivity index (χ4v) is 8.55. The van der Waals surface area contributed by atoms with Crippen molar-refractivity contribution in [2.75, 3.05) is 0 Å². The molecule has 0 aliphatic heterocycles. The monoisotopic (exact) mass is 432 g/mol. The van der Waals surface area contributed by atoms with E-state index < -0.39 is 18.3 Å². The third-order valence-electron chi connectivity index (χ3n) is 9.98. The van der Waals surface area contributed by atoms with E-state index in [2.05, 4.69) is 34.6 Å². The van der Waals surface area contributed by atoms with Crippen molar-refractivity contribution in [2.24, 2.45) is 40.4 Å². The van der Waals surface area contributed by atoms with Gasteiger partial charge in [0.1, 0.15) is 5.78 Å². The zero-order valence-corrected chi connectivity index (χ0v) is 20.2. The van der Waals surface area contributed by atoms with Crippen molar-refractivity contribution in [1.29, 1.82) is 0 Å². The van der Waals surface area contributed by atoms with E-state index >= 15 is 0 Å². The van der Waals surface area contributed by atoms with E-state index in [0.717, 1.165) is 25.7 Å². The SMILES string of the molecule is CC(C)CC(=O)CC(C)C1CCC2C3=C(CCC21C)C1(C)CC(O)C(O)CC1C(O)C3. The lowest BCUT2D eigenvalue weighted by Crippen LogP contribution is -2.54. The van der Waals surface area contributed by atoms with Gasteiger partial charge in [-0.3, -0.25) is 4.79 Å². The topological polar surface area (TPSA) is 77.8 Å². The Bertz CT molecular complexity index is 742. The second-order valence-electron chi connectivity index (χ2n) is 12.4. The third-order valence-corrected chi connectivity index (χ3v) is 9.98. The number of carbonyl (C=O) groups excluding carboxylic acids is 1. The molecular formula is C27H44O4. The lowest BCUT2D eigenvalue weighted by atomic mass is 9.49. The summed E-state index contributed by atoms with van der Waals surface area (Å²) in [5, 5.41) is 31.8. The Kier molecular flexibility index (Phi) is 6.24. The van der Waals surface area contributed by atoms with Crippen LogP contribution in [0.3, 0.4) is 0 Å². The number of allylic oxidation sites excluding steroid dienone is 1. The van der Waals surface area contributed by atoms with Crippen molar-refractivity contribution in [2.45, 2.75) is 111 Å². The Morgan fingerprint density at radius 3 is 2.42 bits per heavy atom. The summed E-state index contributed by atoms with van der Waals surface area (Å²) in [6.45, 7) is 11.2. The van der Waals surface area contributed by atoms with Gasteiger partial charge in [0.25, 0.3) is 0 Å². The molecule has 0 bridgehead atoms. The van der Waals surface area contributed by atoms with Crippen LogP contribution in [0.5, 0.6) is 0 Å². The number of carbonyl (C=O) groups is 1. The molecule has 0 aromatic heterocycles. The fourth-order valence-electron chi connectivity index (χ4n) is 8.55. The molecule has 9 atom stereocenters. The van der Waals surface area contributed by atoms with Gasteiger partial charge in [0.05, 0.1) is 18.3 Å². The van der Waals surface area contributed by atoms with Gasteiger partial charge in [-0.2, -0.15) is 0 Å². The van der Waals surface area contributed by atoms with Gasteiger partial charge in [0.2, 0.25) is 0 Å². The second-order valence-corrected chi connectivity index (χ2v) is 12.4. The van der Waals surface area contributed by atoms with E-state index in [1.807, 2.05) is 0 Å². The lowest BCUT2D eigenvalue weighted by Gasteiger charge is -2.57. The van der Waals surface area contributed by atoms with E-state index in [-0.39, 0.29) is 16.7 Å². The van der Waals surface area contributed by atoms with Gasteiger partial charge in [-0.25, -0.2) is 0 Å². The first-order valence-electron chi connectivity index (χ1n) is 12.8. The quantitative estimate of drug-likeness (QED) is 0.553. The molecule has 31 heavy (non-hydrogen) atoms. The lowest BCUT2D eigenvalue weighted by molar-refractivity contribution is -0.121. The smallest absolute Gasteiger partial charge is 0.133 e. The largest absolute Gasteiger partial charge is 0.392 e. The number of aliphatic hydroxyl groups excluding tert-OH is 3. The first-order valence-corrected chi connectivity index (χ1v) is 12.8. The number of Topliss-reactive ketones (excluding diaryl/α,β-unsaturated/α-hetero) is 1. The fraction of sp³-hybridized carbons (Fsp3) is 0.889. The van der Waals surface area contributed by atoms with Crippen LogP contribution >= 0.6 is 0 Å². The number of ketones is 1. The standard InChI is InChI=1S/C27H44O4/c1-15(2)10-17(28)11-16(3)19-6-7-20-18-12-23(29)22-13-24(30)25(31)14-27(22,5)21(18)8-9-26(19,20)4/h15-16,19-20,22-25,29-31H,6-14H2,1-5H3. The normalized spacial score (nSPS) is 45.8. The molecule has 0 spiro atoms. The summed E-state index contributed by atoms with van der Waals surface area (Å²) in [6, 6.07) is 0. The van der Waals surface area contributed by atoms with Crippen LogP contribution in [0, 0.1) is 40.4 Å². The minimum absolute atomic E-state index is 0.0405. The summed E-state index contributed by atoms with van der Waals surface area (Å²) < 4.78 is 0. The minimum atomic E-state index is -0.719. The number of hydrogen-bond acceptors (Lipinski definition) is 4. The van der Waals surface area contributed by atoms with Crippen molar-refractivity contribution in [3.8, 4) is 0 Å². The van der Waals surface area contributed by atoms with Gasteiger partial charge in [-0.1, -0.05) is 45.8 Å². The molecule has 176 valence electrons. The van der Waals surface area contributed by atoms with Crippen LogP contribution in [0.2, 0.25) is 0 Å². The van der Waals surface area contributed by atoms with Crippen LogP contribution in [-0.4, -0.2) is 39.4 Å². The van der Waals surface area contributed by atoms with Crippen LogP contribution in [-0.2, 0) is 4.79 Å². The van der Waals surface area contributed by atoms with Crippen molar-refractivity contribution in [3.05, 3.63) is 11.1 Å². The van der Waals surface area contributed by atoms with E-state index in [0.29, 0.717) is 55.1 Å². The molecule has 4 aliphatic carbocycles. The van der Waals surface area contributed by atoms with Gasteiger partial charge in [-0.05, 0) is 85.4 Å². The Morgan fingerprint density at radius 1 is 1.03 bits per heavy atom. The van der Waals surface area contributed by atoms with Gasteiger partial charge < -0.3 is 15.3 Å². The van der Waals surface area contributed by atoms with E-state index in [1.54, 1.807) is 0 Å². The van der Waals surface area contributed by atoms with Gasteiger partial charge in [-0.15, -0.1) is 0 Å². The third kappa shape index (κ3) is 3.85. The van der Waals surface area contributed by atoms with Crippen molar-refractivity contribution < 1.29 is 20.1 Å². The summed E-state index contributed by atoms with van der Waals surface area (Å²) >= 11 is 0. The van der Waals surface area contributed by atoms with Crippen LogP contribution in [0.1, 0.15) is 92.4 Å². The Morgan fingerprint density at radius 2 is 1.74 bits per heavy atom. The van der Waals surface area contributed by atoms with Crippen LogP contribution in [0.15, 0.2) is 11.1 Å². The molecular weight excluding hydrogens is 388 g/mol. The van der Waals surface area contributed by atoms with E-state index in [9.17, 15) is 20.1 Å². The van der Waals surface area contributed by atoms with Gasteiger partial charge in [0, 0.05) is 12.8 Å². The minimum Gasteiger partial charge on any atom is -0.392 e. The molecule has 4 aliphatic rings. The van der Waals surface area contributed by atoms with E-state index in [1.165, 1.54) is 17.6 Å². The maximum absolute atomic E-state index is 12.5. The summed E-state index contributed by atoms with van der Waals surface area (Å²) in [5.74, 6) is 2.33. The number of rotatable bonds is 5. The summed E-state index contributed by atoms with van der Waals surface area (Å²) in [6.07, 6.45) is 5.82. The Labute approximate surface area is 188 Å². The molecule has 9 unspecified atom stereocenters. The molecule has 3 N–H and O–H groups in total. The maximum Gasteiger partial charge on any atom is 0.133 e. The summed E-state index contributed by atoms with van der Waals surface area (Å²) in [7, 11) is 0. The van der Waals surface area contributed by atoms with Crippen LogP contribution in [0.25, 0.3) is 0 Å². The average molecular weight is 433 g/mol. The number of aliphatic hydroxyl groups is 3. The summed E-state index contributed by atoms with van der Waals surface area (Å²) in [4.78, 5) is 12.5. The van der Waals surface area contributed by atoms with Crippen LogP contribution < -0.4 is 0 Å². The molecule has 0 aromatic carbocycles.